The molecule has 0 atom stereocenters. The van der Waals surface area contributed by atoms with Crippen LogP contribution in [0.2, 0.25) is 0 Å². The summed E-state index contributed by atoms with van der Waals surface area (Å²) in [5.41, 5.74) is 4.84. The van der Waals surface area contributed by atoms with E-state index >= 15 is 0 Å². The number of hydrogen-bond acceptors (Lipinski definition) is 4. The number of nitrogens with two attached hydrogens (primary N) is 1. The Balaban J connectivity index is 0. The fourth-order valence-corrected chi connectivity index (χ4v) is 0. The number of amidine groups is 1. The van der Waals surface area contributed by atoms with E-state index in [1.807, 2.05) is 0 Å². The third-order valence-electron chi connectivity index (χ3n) is 0.458. The van der Waals surface area contributed by atoms with Gasteiger partial charge in [0.05, 0.1) is 0 Å². The van der Waals surface area contributed by atoms with Gasteiger partial charge in [-0.25, -0.2) is 4.57 Å². The zero-order chi connectivity index (χ0) is 9.49. The Labute approximate surface area is 68.9 Å². The van der Waals surface area contributed by atoms with Crippen LogP contribution in [0.3, 0.4) is 0 Å². The monoisotopic (exact) mass is 202 g/mol. The lowest BCUT2D eigenvalue weighted by Crippen LogP contribution is -2.01. The molecule has 0 aliphatic carbocycles. The van der Waals surface area contributed by atoms with Crippen LogP contribution in [0.4, 0.5) is 0 Å². The molecule has 0 aliphatic heterocycles. The second-order valence-electron chi connectivity index (χ2n) is 1.24. The molecule has 0 unspecified atom stereocenters. The maximum Gasteiger partial charge on any atom is 0.469 e. The summed E-state index contributed by atoms with van der Waals surface area (Å²) < 4.78 is 13.1. The molecule has 0 aliphatic rings. The minimum absolute atomic E-state index is 0.171. The first-order valence-electron chi connectivity index (χ1n) is 2.32. The lowest BCUT2D eigenvalue weighted by Gasteiger charge is -1.93. The summed E-state index contributed by atoms with van der Waals surface area (Å²) in [5, 5.41) is 6.66. The predicted octanol–water partition coefficient (Wildman–Crippen LogP) is -0.0316. The van der Waals surface area contributed by atoms with Crippen LogP contribution in [-0.4, -0.2) is 28.3 Å². The van der Waals surface area contributed by atoms with Gasteiger partial charge in [-0.15, -0.1) is 0 Å². The maximum atomic E-state index is 9.47. The van der Waals surface area contributed by atoms with Gasteiger partial charge in [-0.1, -0.05) is 11.8 Å². The van der Waals surface area contributed by atoms with Gasteiger partial charge in [0, 0.05) is 7.11 Å². The minimum Gasteiger partial charge on any atom is -0.379 e. The summed E-state index contributed by atoms with van der Waals surface area (Å²) >= 11 is 1.24. The SMILES string of the molecule is COP(=O)(O)O.CSC(=N)N. The Bertz CT molecular complexity index is 157. The number of nitrogens with one attached hydrogen (secondary N) is 1. The van der Waals surface area contributed by atoms with E-state index in [0.717, 1.165) is 7.11 Å². The molecule has 11 heavy (non-hydrogen) atoms. The molecule has 5 N–H and O–H groups in total. The topological polar surface area (TPSA) is 117 Å². The second-order valence-corrected chi connectivity index (χ2v) is 3.44. The van der Waals surface area contributed by atoms with E-state index in [4.69, 9.17) is 20.9 Å². The summed E-state index contributed by atoms with van der Waals surface area (Å²) in [6, 6.07) is 0. The number of thioether (sulfide) groups is 1. The average Bonchev–Trinajstić information content (AvgIpc) is 1.88. The normalized spacial score (nSPS) is 9.82. The highest BCUT2D eigenvalue weighted by Crippen LogP contribution is 2.33. The standard InChI is InChI=1S/C2H6N2S.CH5O4P/c1-5-2(3)4;1-5-6(2,3)4/h1H3,(H3,3,4);1H3,(H2,2,3,4). The molecule has 0 bridgehead atoms. The van der Waals surface area contributed by atoms with E-state index < -0.39 is 7.82 Å². The van der Waals surface area contributed by atoms with Crippen LogP contribution < -0.4 is 5.73 Å². The third kappa shape index (κ3) is 25.7. The lowest BCUT2D eigenvalue weighted by atomic mass is 11.4. The van der Waals surface area contributed by atoms with Crippen molar-refractivity contribution in [3.8, 4) is 0 Å². The van der Waals surface area contributed by atoms with Gasteiger partial charge in [0.25, 0.3) is 0 Å². The molecule has 0 radical (unpaired) electrons. The van der Waals surface area contributed by atoms with Gasteiger partial charge >= 0.3 is 7.82 Å². The number of rotatable bonds is 1. The van der Waals surface area contributed by atoms with Gasteiger partial charge in [0.15, 0.2) is 5.17 Å². The molecule has 6 nitrogen and oxygen atoms in total. The highest BCUT2D eigenvalue weighted by atomic mass is 32.2. The first kappa shape index (κ1) is 13.5. The van der Waals surface area contributed by atoms with Crippen molar-refractivity contribution in [1.29, 1.82) is 5.41 Å². The molecule has 0 amide bonds. The fourth-order valence-electron chi connectivity index (χ4n) is 0. The number of hydrogen-bond donors (Lipinski definition) is 4. The van der Waals surface area contributed by atoms with E-state index in [1.54, 1.807) is 6.26 Å². The van der Waals surface area contributed by atoms with Crippen molar-refractivity contribution in [3.63, 3.8) is 0 Å². The van der Waals surface area contributed by atoms with E-state index in [1.165, 1.54) is 11.8 Å². The van der Waals surface area contributed by atoms with Gasteiger partial charge in [-0.2, -0.15) is 0 Å². The van der Waals surface area contributed by atoms with Crippen molar-refractivity contribution in [2.45, 2.75) is 0 Å². The zero-order valence-electron chi connectivity index (χ0n) is 6.14. The first-order chi connectivity index (χ1) is 4.83. The summed E-state index contributed by atoms with van der Waals surface area (Å²) in [5.74, 6) is 0. The molecule has 0 fully saturated rings. The van der Waals surface area contributed by atoms with E-state index in [-0.39, 0.29) is 5.17 Å². The van der Waals surface area contributed by atoms with Crippen molar-refractivity contribution in [3.05, 3.63) is 0 Å². The van der Waals surface area contributed by atoms with Crippen molar-refractivity contribution < 1.29 is 18.9 Å². The second kappa shape index (κ2) is 6.63. The predicted molar refractivity (Wildman–Crippen MR) is 44.5 cm³/mol. The molecule has 0 spiro atoms. The molecule has 0 aromatic carbocycles. The van der Waals surface area contributed by atoms with Gasteiger partial charge in [-0.3, -0.25) is 9.93 Å². The molecule has 0 saturated carbocycles. The Morgan fingerprint density at radius 3 is 1.91 bits per heavy atom. The highest BCUT2D eigenvalue weighted by molar-refractivity contribution is 8.13. The first-order valence-corrected chi connectivity index (χ1v) is 5.08. The van der Waals surface area contributed by atoms with Crippen LogP contribution in [0, 0.1) is 5.41 Å². The Morgan fingerprint density at radius 2 is 1.91 bits per heavy atom. The van der Waals surface area contributed by atoms with Crippen molar-refractivity contribution in [2.24, 2.45) is 5.73 Å². The summed E-state index contributed by atoms with van der Waals surface area (Å²) in [6.45, 7) is 0. The summed E-state index contributed by atoms with van der Waals surface area (Å²) in [4.78, 5) is 15.4. The molecular weight excluding hydrogens is 191 g/mol. The Hall–Kier alpha value is -0.0700. The van der Waals surface area contributed by atoms with Crippen LogP contribution in [0.25, 0.3) is 0 Å². The van der Waals surface area contributed by atoms with Crippen molar-refractivity contribution >= 4 is 24.8 Å². The van der Waals surface area contributed by atoms with Crippen LogP contribution in [0.15, 0.2) is 0 Å². The minimum atomic E-state index is -4.15. The molecule has 68 valence electrons. The molecular formula is C3H11N2O4PS. The molecule has 8 heteroatoms. The molecule has 0 rings (SSSR count). The smallest absolute Gasteiger partial charge is 0.379 e. The van der Waals surface area contributed by atoms with Crippen LogP contribution >= 0.6 is 19.6 Å². The van der Waals surface area contributed by atoms with Crippen molar-refractivity contribution in [2.75, 3.05) is 13.4 Å². The quantitative estimate of drug-likeness (QED) is 0.269. The van der Waals surface area contributed by atoms with Gasteiger partial charge in [0.1, 0.15) is 0 Å². The lowest BCUT2D eigenvalue weighted by molar-refractivity contribution is 0.235. The maximum absolute atomic E-state index is 9.47. The summed E-state index contributed by atoms with van der Waals surface area (Å²) in [7, 11) is -3.20. The van der Waals surface area contributed by atoms with Crippen LogP contribution in [-0.2, 0) is 9.09 Å². The number of phosphoric ester groups is 1. The number of phosphoric acid groups is 1. The average molecular weight is 202 g/mol. The van der Waals surface area contributed by atoms with Gasteiger partial charge < -0.3 is 15.5 Å². The Morgan fingerprint density at radius 1 is 1.73 bits per heavy atom. The molecule has 0 heterocycles. The fraction of sp³-hybridized carbons (Fsp3) is 0.667. The third-order valence-corrected chi connectivity index (χ3v) is 1.37. The highest BCUT2D eigenvalue weighted by Gasteiger charge is 2.07. The van der Waals surface area contributed by atoms with Gasteiger partial charge in [-0.05, 0) is 6.26 Å². The van der Waals surface area contributed by atoms with Crippen LogP contribution in [0.1, 0.15) is 0 Å². The van der Waals surface area contributed by atoms with Gasteiger partial charge in [0.2, 0.25) is 0 Å². The Kier molecular flexibility index (Phi) is 8.14. The molecule has 0 aromatic rings. The van der Waals surface area contributed by atoms with E-state index in [9.17, 15) is 4.57 Å². The van der Waals surface area contributed by atoms with E-state index in [2.05, 4.69) is 4.52 Å². The molecule has 0 saturated heterocycles. The summed E-state index contributed by atoms with van der Waals surface area (Å²) in [6.07, 6.45) is 1.77. The largest absolute Gasteiger partial charge is 0.469 e. The zero-order valence-corrected chi connectivity index (χ0v) is 7.85. The van der Waals surface area contributed by atoms with E-state index in [0.29, 0.717) is 0 Å². The molecule has 0 aromatic heterocycles. The van der Waals surface area contributed by atoms with Crippen LogP contribution in [0.5, 0.6) is 0 Å². The van der Waals surface area contributed by atoms with Crippen molar-refractivity contribution in [1.82, 2.24) is 0 Å².